The number of hydrogen-bond donors (Lipinski definition) is 0. The van der Waals surface area contributed by atoms with Crippen LogP contribution in [0.4, 0.5) is 34.1 Å². The van der Waals surface area contributed by atoms with E-state index in [1.807, 2.05) is 70.5 Å². The van der Waals surface area contributed by atoms with Gasteiger partial charge in [0.05, 0.1) is 74.7 Å². The summed E-state index contributed by atoms with van der Waals surface area (Å²) in [6, 6.07) is 56.2. The lowest BCUT2D eigenvalue weighted by molar-refractivity contribution is 0.590. The van der Waals surface area contributed by atoms with Gasteiger partial charge in [0.2, 0.25) is 0 Å². The Morgan fingerprint density at radius 3 is 0.924 bits per heavy atom. The fourth-order valence-electron chi connectivity index (χ4n) is 16.7. The maximum Gasteiger partial charge on any atom is 0.252 e. The van der Waals surface area contributed by atoms with Gasteiger partial charge in [-0.1, -0.05) is 237 Å². The first-order valence-electron chi connectivity index (χ1n) is 43.5. The largest absolute Gasteiger partial charge is 0.309 e. The number of nitrogens with zero attached hydrogens (tertiary/aromatic N) is 6. The van der Waals surface area contributed by atoms with Crippen molar-refractivity contribution in [1.29, 1.82) is 0 Å². The summed E-state index contributed by atoms with van der Waals surface area (Å²) in [5.74, 6) is 0. The summed E-state index contributed by atoms with van der Waals surface area (Å²) in [6.45, 7) is 32.2. The minimum absolute atomic E-state index is 0.00786. The Bertz CT molecular complexity index is 6820. The van der Waals surface area contributed by atoms with Gasteiger partial charge in [-0.15, -0.1) is 0 Å². The van der Waals surface area contributed by atoms with Gasteiger partial charge in [-0.25, -0.2) is 0 Å². The van der Waals surface area contributed by atoms with Gasteiger partial charge in [0.1, 0.15) is 0 Å². The summed E-state index contributed by atoms with van der Waals surface area (Å²) < 4.78 is 148. The predicted octanol–water partition coefficient (Wildman–Crippen LogP) is 24.6. The van der Waals surface area contributed by atoms with E-state index in [4.69, 9.17) is 0 Å². The van der Waals surface area contributed by atoms with Gasteiger partial charge in [0.25, 0.3) is 6.71 Å². The highest BCUT2D eigenvalue weighted by atomic mass is 15.2. The Kier molecular flexibility index (Phi) is 11.0. The molecule has 0 saturated heterocycles. The van der Waals surface area contributed by atoms with Crippen LogP contribution in [-0.4, -0.2) is 25.0 Å². The van der Waals surface area contributed by atoms with Crippen LogP contribution in [0.25, 0.3) is 110 Å². The molecule has 105 heavy (non-hydrogen) atoms. The Morgan fingerprint density at radius 2 is 0.581 bits per heavy atom. The van der Waals surface area contributed by atoms with Gasteiger partial charge in [-0.05, 0) is 205 Å². The maximum absolute atomic E-state index is 10.9. The van der Waals surface area contributed by atoms with Crippen LogP contribution in [0.3, 0.4) is 0 Å². The molecule has 7 heteroatoms. The maximum atomic E-state index is 10.9. The van der Waals surface area contributed by atoms with Crippen molar-refractivity contribution in [2.45, 2.75) is 131 Å². The van der Waals surface area contributed by atoms with Crippen LogP contribution in [0.5, 0.6) is 0 Å². The Morgan fingerprint density at radius 1 is 0.248 bits per heavy atom. The average molecular weight is 1380 g/mol. The van der Waals surface area contributed by atoms with E-state index in [2.05, 4.69) is 234 Å². The lowest BCUT2D eigenvalue weighted by atomic mass is 9.33. The molecule has 0 saturated carbocycles. The molecule has 0 N–H and O–H groups in total. The van der Waals surface area contributed by atoms with E-state index in [-0.39, 0.29) is 101 Å². The van der Waals surface area contributed by atoms with Gasteiger partial charge in [0, 0.05) is 88.6 Å². The van der Waals surface area contributed by atoms with Crippen molar-refractivity contribution in [2.24, 2.45) is 0 Å². The number of fused-ring (bicyclic) bond motifs is 16. The summed E-state index contributed by atoms with van der Waals surface area (Å²) in [4.78, 5) is 4.03. The van der Waals surface area contributed by atoms with Gasteiger partial charge < -0.3 is 28.1 Å². The van der Waals surface area contributed by atoms with Crippen molar-refractivity contribution in [3.05, 3.63) is 294 Å². The second-order valence-corrected chi connectivity index (χ2v) is 34.1. The summed E-state index contributed by atoms with van der Waals surface area (Å²) in [5.41, 5.74) is 14.9. The lowest BCUT2D eigenvalue weighted by Gasteiger charge is -2.45. The van der Waals surface area contributed by atoms with Crippen molar-refractivity contribution in [2.75, 3.05) is 9.80 Å². The van der Waals surface area contributed by atoms with E-state index >= 15 is 0 Å². The highest BCUT2D eigenvalue weighted by Gasteiger charge is 2.46. The molecule has 0 unspecified atom stereocenters. The Labute approximate surface area is 636 Å². The standard InChI is InChI=1S/C98H89BN6/c1-94(2,3)60-40-48-81-73(52-60)74-53-61(95(4,5)6)41-49-82(74)100(81)67-44-46-77-87(58-67)104(85-38-26-34-71-69-32-22-24-36-79(69)102(92(71)85)65-28-18-16-19-29-65)89-56-64(98(13,14)15)57-90-91(89)99(77)78-47-45-68(101-83-50-42-62(96(7,8)9)54-75(83)76-55-63(97(10,11)12)43-51-84(76)101)59-88(78)105(90)86-39-27-35-72-70-33-23-25-37-80(70)103(93(72)86)66-30-20-17-21-31-66/h16-59H,1-15H3/i22D,23D,24D,25D,26D,27D,32D,33D,34D,35D,36D,37D,38D,39D. The first-order chi connectivity index (χ1) is 56.1. The molecule has 2 aliphatic rings. The van der Waals surface area contributed by atoms with Crippen molar-refractivity contribution < 1.29 is 19.2 Å². The monoisotopic (exact) mass is 1370 g/mol. The van der Waals surface area contributed by atoms with Crippen molar-refractivity contribution in [3.63, 3.8) is 0 Å². The number of aromatic nitrogens is 4. The number of anilines is 6. The zero-order valence-corrected chi connectivity index (χ0v) is 62.1. The molecule has 0 radical (unpaired) electrons. The third kappa shape index (κ3) is 9.82. The predicted molar refractivity (Wildman–Crippen MR) is 451 cm³/mol. The first-order valence-corrected chi connectivity index (χ1v) is 36.5. The minimum Gasteiger partial charge on any atom is -0.309 e. The molecule has 6 nitrogen and oxygen atoms in total. The second kappa shape index (κ2) is 22.6. The number of rotatable bonds is 6. The van der Waals surface area contributed by atoms with Crippen LogP contribution in [0, 0.1) is 0 Å². The molecule has 0 spiro atoms. The van der Waals surface area contributed by atoms with Crippen molar-refractivity contribution >= 4 is 144 Å². The molecule has 4 aromatic heterocycles. The van der Waals surface area contributed by atoms with Crippen LogP contribution < -0.4 is 26.2 Å². The summed E-state index contributed by atoms with van der Waals surface area (Å²) in [6.07, 6.45) is 0. The van der Waals surface area contributed by atoms with E-state index in [1.165, 1.54) is 0 Å². The van der Waals surface area contributed by atoms with E-state index in [0.717, 1.165) is 93.7 Å². The Balaban J connectivity index is 1.03. The molecule has 0 aliphatic carbocycles. The molecule has 0 fully saturated rings. The first kappa shape index (κ1) is 51.0. The summed E-state index contributed by atoms with van der Waals surface area (Å²) >= 11 is 0. The third-order valence-corrected chi connectivity index (χ3v) is 22.3. The quantitative estimate of drug-likeness (QED) is 0.155. The molecule has 19 rings (SSSR count). The number of hydrogen-bond acceptors (Lipinski definition) is 2. The second-order valence-electron chi connectivity index (χ2n) is 34.1. The van der Waals surface area contributed by atoms with Crippen molar-refractivity contribution in [3.8, 4) is 22.7 Å². The number of para-hydroxylation sites is 6. The minimum atomic E-state index is -0.766. The molecule has 17 aromatic rings. The number of benzene rings is 13. The van der Waals surface area contributed by atoms with Crippen LogP contribution in [0.1, 0.15) is 151 Å². The van der Waals surface area contributed by atoms with E-state index < -0.39 is 72.6 Å². The van der Waals surface area contributed by atoms with Gasteiger partial charge in [-0.3, -0.25) is 0 Å². The summed E-state index contributed by atoms with van der Waals surface area (Å²) in [7, 11) is 0. The molecule has 2 aliphatic heterocycles. The van der Waals surface area contributed by atoms with Crippen LogP contribution in [0.15, 0.2) is 267 Å². The van der Waals surface area contributed by atoms with Gasteiger partial charge >= 0.3 is 0 Å². The smallest absolute Gasteiger partial charge is 0.252 e. The molecule has 0 atom stereocenters. The lowest BCUT2D eigenvalue weighted by Crippen LogP contribution is -2.61. The van der Waals surface area contributed by atoms with E-state index in [9.17, 15) is 19.2 Å². The summed E-state index contributed by atoms with van der Waals surface area (Å²) in [5, 5.41) is 4.30. The molecular formula is C98H89BN6. The van der Waals surface area contributed by atoms with Crippen LogP contribution in [0.2, 0.25) is 0 Å². The van der Waals surface area contributed by atoms with Crippen molar-refractivity contribution in [1.82, 2.24) is 18.3 Å². The van der Waals surface area contributed by atoms with E-state index in [1.54, 1.807) is 9.13 Å². The van der Waals surface area contributed by atoms with E-state index in [0.29, 0.717) is 39.6 Å². The molecule has 0 bridgehead atoms. The van der Waals surface area contributed by atoms with Crippen LogP contribution in [-0.2, 0) is 27.1 Å². The van der Waals surface area contributed by atoms with Gasteiger partial charge in [0.15, 0.2) is 0 Å². The molecular weight excluding hydrogens is 1270 g/mol. The SMILES string of the molecule is [2H]c1c([2H])c([2H])c2c(c1[2H])c1c([2H])c([2H])c([2H])c(N3c4cc(-n5c6ccc(C(C)(C)C)cc6c6cc(C(C)(C)C)ccc65)ccc4B4c5ccc(-n6c7ccc(C(C)(C)C)cc7c7cc(C(C)(C)C)ccc76)cc5N(c5c([2H])c([2H])c([2H])c6c7c([2H])c([2H])c([2H])c([2H])c7n(-c7ccccc7)c56)c5cc(C(C)(C)C)cc3c54)c1n2-c1ccccc1. The fraction of sp³-hybridized carbons (Fsp3) is 0.204. The zero-order chi connectivity index (χ0) is 84.5. The highest BCUT2D eigenvalue weighted by molar-refractivity contribution is 7.00. The Hall–Kier alpha value is -11.3. The topological polar surface area (TPSA) is 26.2 Å². The van der Waals surface area contributed by atoms with Gasteiger partial charge in [-0.2, -0.15) is 0 Å². The fourth-order valence-corrected chi connectivity index (χ4v) is 16.7. The third-order valence-electron chi connectivity index (χ3n) is 22.3. The average Bonchev–Trinajstić information content (AvgIpc) is 1.66. The molecule has 6 heterocycles. The van der Waals surface area contributed by atoms with Crippen LogP contribution >= 0.6 is 0 Å². The molecule has 514 valence electrons. The normalized spacial score (nSPS) is 15.5. The molecule has 13 aromatic carbocycles. The zero-order valence-electron chi connectivity index (χ0n) is 76.1. The highest BCUT2D eigenvalue weighted by Crippen LogP contribution is 2.53. The molecule has 0 amide bonds.